The molecule has 0 aliphatic rings. The minimum atomic E-state index is -0.315. The van der Waals surface area contributed by atoms with E-state index in [0.29, 0.717) is 11.5 Å². The molecule has 18 heavy (non-hydrogen) atoms. The van der Waals surface area contributed by atoms with Crippen LogP contribution in [0.1, 0.15) is 5.56 Å². The standard InChI is InChI=1S/C13H20N2O3/c1-15(9-13(14)16)7-6-10-4-5-11(17-2)12(8-10)18-3/h4-5,8H,6-7,9H2,1-3H3,(H2,14,16). The highest BCUT2D eigenvalue weighted by Crippen LogP contribution is 2.27. The van der Waals surface area contributed by atoms with E-state index in [1.165, 1.54) is 0 Å². The number of ether oxygens (including phenoxy) is 2. The summed E-state index contributed by atoms with van der Waals surface area (Å²) in [5, 5.41) is 0. The molecule has 0 saturated heterocycles. The van der Waals surface area contributed by atoms with Crippen LogP contribution in [0.15, 0.2) is 18.2 Å². The number of carbonyl (C=O) groups is 1. The Hall–Kier alpha value is -1.75. The van der Waals surface area contributed by atoms with Crippen LogP contribution in [-0.4, -0.2) is 45.2 Å². The molecule has 0 aliphatic heterocycles. The van der Waals surface area contributed by atoms with E-state index in [9.17, 15) is 4.79 Å². The molecule has 0 heterocycles. The number of carbonyl (C=O) groups excluding carboxylic acids is 1. The number of nitrogens with zero attached hydrogens (tertiary/aromatic N) is 1. The molecule has 100 valence electrons. The maximum Gasteiger partial charge on any atom is 0.231 e. The van der Waals surface area contributed by atoms with Gasteiger partial charge in [0.2, 0.25) is 5.91 Å². The molecule has 1 rings (SSSR count). The first-order chi connectivity index (χ1) is 8.56. The van der Waals surface area contributed by atoms with Gasteiger partial charge in [-0.2, -0.15) is 0 Å². The summed E-state index contributed by atoms with van der Waals surface area (Å²) in [6.45, 7) is 1.03. The van der Waals surface area contributed by atoms with Gasteiger partial charge in [0.1, 0.15) is 0 Å². The summed E-state index contributed by atoms with van der Waals surface area (Å²) < 4.78 is 10.4. The number of amides is 1. The molecule has 0 atom stereocenters. The van der Waals surface area contributed by atoms with Crippen molar-refractivity contribution >= 4 is 5.91 Å². The first-order valence-corrected chi connectivity index (χ1v) is 5.74. The summed E-state index contributed by atoms with van der Waals surface area (Å²) in [7, 11) is 5.09. The van der Waals surface area contributed by atoms with Gasteiger partial charge >= 0.3 is 0 Å². The lowest BCUT2D eigenvalue weighted by atomic mass is 10.1. The number of rotatable bonds is 7. The van der Waals surface area contributed by atoms with Gasteiger partial charge in [-0.05, 0) is 31.2 Å². The van der Waals surface area contributed by atoms with E-state index in [1.54, 1.807) is 14.2 Å². The van der Waals surface area contributed by atoms with Crippen LogP contribution in [0.3, 0.4) is 0 Å². The molecule has 0 fully saturated rings. The van der Waals surface area contributed by atoms with Crippen LogP contribution in [0.25, 0.3) is 0 Å². The molecule has 0 saturated carbocycles. The highest BCUT2D eigenvalue weighted by molar-refractivity contribution is 5.75. The number of nitrogens with two attached hydrogens (primary N) is 1. The van der Waals surface area contributed by atoms with Gasteiger partial charge in [0.05, 0.1) is 20.8 Å². The van der Waals surface area contributed by atoms with Crippen molar-refractivity contribution in [2.45, 2.75) is 6.42 Å². The lowest BCUT2D eigenvalue weighted by Gasteiger charge is -2.15. The average Bonchev–Trinajstić information content (AvgIpc) is 2.35. The Bertz CT molecular complexity index is 407. The summed E-state index contributed by atoms with van der Waals surface area (Å²) in [6.07, 6.45) is 0.824. The molecular weight excluding hydrogens is 232 g/mol. The summed E-state index contributed by atoms with van der Waals surface area (Å²) in [6, 6.07) is 5.80. The highest BCUT2D eigenvalue weighted by atomic mass is 16.5. The number of likely N-dealkylation sites (N-methyl/N-ethyl adjacent to an activating group) is 1. The third kappa shape index (κ3) is 4.25. The largest absolute Gasteiger partial charge is 0.493 e. The Kier molecular flexibility index (Phi) is 5.45. The quantitative estimate of drug-likeness (QED) is 0.774. The van der Waals surface area contributed by atoms with Crippen LogP contribution in [0.4, 0.5) is 0 Å². The van der Waals surface area contributed by atoms with Gasteiger partial charge in [-0.3, -0.25) is 9.69 Å². The van der Waals surface area contributed by atoms with Gasteiger partial charge in [-0.25, -0.2) is 0 Å². The van der Waals surface area contributed by atoms with E-state index in [-0.39, 0.29) is 12.5 Å². The van der Waals surface area contributed by atoms with Crippen LogP contribution in [0.5, 0.6) is 11.5 Å². The number of hydrogen-bond acceptors (Lipinski definition) is 4. The second-order valence-corrected chi connectivity index (χ2v) is 4.14. The van der Waals surface area contributed by atoms with Gasteiger partial charge in [-0.1, -0.05) is 6.07 Å². The third-order valence-corrected chi connectivity index (χ3v) is 2.66. The van der Waals surface area contributed by atoms with Crippen molar-refractivity contribution in [1.29, 1.82) is 0 Å². The third-order valence-electron chi connectivity index (χ3n) is 2.66. The number of methoxy groups -OCH3 is 2. The van der Waals surface area contributed by atoms with Crippen LogP contribution < -0.4 is 15.2 Å². The molecular formula is C13H20N2O3. The van der Waals surface area contributed by atoms with Crippen molar-refractivity contribution in [3.8, 4) is 11.5 Å². The normalized spacial score (nSPS) is 10.4. The van der Waals surface area contributed by atoms with Crippen LogP contribution in [0.2, 0.25) is 0 Å². The maximum atomic E-state index is 10.7. The van der Waals surface area contributed by atoms with Crippen molar-refractivity contribution in [1.82, 2.24) is 4.90 Å². The van der Waals surface area contributed by atoms with Gasteiger partial charge in [0.25, 0.3) is 0 Å². The van der Waals surface area contributed by atoms with Crippen molar-refractivity contribution in [3.05, 3.63) is 23.8 Å². The van der Waals surface area contributed by atoms with Gasteiger partial charge in [0, 0.05) is 6.54 Å². The number of benzene rings is 1. The molecule has 1 aromatic carbocycles. The average molecular weight is 252 g/mol. The Balaban J connectivity index is 2.60. The first kappa shape index (κ1) is 14.3. The van der Waals surface area contributed by atoms with Gasteiger partial charge in [-0.15, -0.1) is 0 Å². The summed E-state index contributed by atoms with van der Waals surface area (Å²) >= 11 is 0. The van der Waals surface area contributed by atoms with Crippen LogP contribution in [-0.2, 0) is 11.2 Å². The van der Waals surface area contributed by atoms with Gasteiger partial charge in [0.15, 0.2) is 11.5 Å². The van der Waals surface area contributed by atoms with E-state index in [4.69, 9.17) is 15.2 Å². The zero-order valence-corrected chi connectivity index (χ0v) is 11.1. The molecule has 5 heteroatoms. The van der Waals surface area contributed by atoms with E-state index >= 15 is 0 Å². The topological polar surface area (TPSA) is 64.8 Å². The minimum absolute atomic E-state index is 0.271. The van der Waals surface area contributed by atoms with Gasteiger partial charge < -0.3 is 15.2 Å². The molecule has 0 bridgehead atoms. The first-order valence-electron chi connectivity index (χ1n) is 5.74. The zero-order valence-electron chi connectivity index (χ0n) is 11.1. The molecule has 0 aliphatic carbocycles. The minimum Gasteiger partial charge on any atom is -0.493 e. The summed E-state index contributed by atoms with van der Waals surface area (Å²) in [5.41, 5.74) is 6.26. The summed E-state index contributed by atoms with van der Waals surface area (Å²) in [5.74, 6) is 1.11. The fourth-order valence-electron chi connectivity index (χ4n) is 1.70. The van der Waals surface area contributed by atoms with Crippen molar-refractivity contribution < 1.29 is 14.3 Å². The lowest BCUT2D eigenvalue weighted by Crippen LogP contribution is -2.32. The molecule has 0 aromatic heterocycles. The predicted octanol–water partition coefficient (Wildman–Crippen LogP) is 0.663. The Labute approximate surface area is 107 Å². The van der Waals surface area contributed by atoms with E-state index in [1.807, 2.05) is 30.1 Å². The Morgan fingerprint density at radius 3 is 2.50 bits per heavy atom. The second-order valence-electron chi connectivity index (χ2n) is 4.14. The van der Waals surface area contributed by atoms with Crippen LogP contribution >= 0.6 is 0 Å². The summed E-state index contributed by atoms with van der Waals surface area (Å²) in [4.78, 5) is 12.6. The molecule has 1 aromatic rings. The van der Waals surface area contributed by atoms with Crippen molar-refractivity contribution in [3.63, 3.8) is 0 Å². The molecule has 2 N–H and O–H groups in total. The van der Waals surface area contributed by atoms with Crippen LogP contribution in [0, 0.1) is 0 Å². The number of primary amides is 1. The van der Waals surface area contributed by atoms with Crippen molar-refractivity contribution in [2.75, 3.05) is 34.4 Å². The fraction of sp³-hybridized carbons (Fsp3) is 0.462. The van der Waals surface area contributed by atoms with Crippen molar-refractivity contribution in [2.24, 2.45) is 5.73 Å². The molecule has 1 amide bonds. The molecule has 0 unspecified atom stereocenters. The molecule has 0 radical (unpaired) electrons. The highest BCUT2D eigenvalue weighted by Gasteiger charge is 2.06. The van der Waals surface area contributed by atoms with E-state index in [0.717, 1.165) is 18.5 Å². The maximum absolute atomic E-state index is 10.7. The SMILES string of the molecule is COc1ccc(CCN(C)CC(N)=O)cc1OC. The smallest absolute Gasteiger partial charge is 0.231 e. The Morgan fingerprint density at radius 1 is 1.28 bits per heavy atom. The monoisotopic (exact) mass is 252 g/mol. The lowest BCUT2D eigenvalue weighted by molar-refractivity contribution is -0.118. The molecule has 0 spiro atoms. The zero-order chi connectivity index (χ0) is 13.5. The second kappa shape index (κ2) is 6.86. The molecule has 5 nitrogen and oxygen atoms in total. The van der Waals surface area contributed by atoms with E-state index in [2.05, 4.69) is 0 Å². The number of hydrogen-bond donors (Lipinski definition) is 1. The predicted molar refractivity (Wildman–Crippen MR) is 69.9 cm³/mol. The Morgan fingerprint density at radius 2 is 1.94 bits per heavy atom. The van der Waals surface area contributed by atoms with E-state index < -0.39 is 0 Å². The fourth-order valence-corrected chi connectivity index (χ4v) is 1.70.